The standard InChI is InChI=1S/C14H21N5O6S2/c1-9-11(14(21)19(9)27(22,23)24)17-13(20)12(10-3-2-8-26-10)18-25-7-6-16-5-4-15/h2-3,8-9,11,16H,4-7,15H2,1H3,(H,17,20)(H,22,23,24)/b18-12+/t9-,11?/m0/s1. The average Bonchev–Trinajstić information content (AvgIpc) is 3.12. The molecule has 0 bridgehead atoms. The SMILES string of the molecule is C[C@H]1C(NC(=O)/C(=N/OCCNCCN)c2cccs2)C(=O)N1S(=O)(=O)O. The van der Waals surface area contributed by atoms with Gasteiger partial charge in [0, 0.05) is 19.6 Å². The molecule has 0 aromatic carbocycles. The smallest absolute Gasteiger partial charge is 0.362 e. The van der Waals surface area contributed by atoms with Crippen LogP contribution in [0.15, 0.2) is 22.7 Å². The molecule has 13 heteroatoms. The number of rotatable bonds is 10. The summed E-state index contributed by atoms with van der Waals surface area (Å²) in [6.07, 6.45) is 0. The summed E-state index contributed by atoms with van der Waals surface area (Å²) in [6, 6.07) is 1.39. The van der Waals surface area contributed by atoms with Crippen molar-refractivity contribution in [2.24, 2.45) is 10.9 Å². The van der Waals surface area contributed by atoms with Crippen LogP contribution in [0.2, 0.25) is 0 Å². The van der Waals surface area contributed by atoms with Crippen molar-refractivity contribution in [3.05, 3.63) is 22.4 Å². The number of nitrogens with two attached hydrogens (primary N) is 1. The Bertz CT molecular complexity index is 795. The van der Waals surface area contributed by atoms with Crippen molar-refractivity contribution >= 4 is 39.2 Å². The number of nitrogens with one attached hydrogen (secondary N) is 2. The predicted molar refractivity (Wildman–Crippen MR) is 98.5 cm³/mol. The lowest BCUT2D eigenvalue weighted by atomic mass is 10.0. The van der Waals surface area contributed by atoms with Gasteiger partial charge in [-0.05, 0) is 18.4 Å². The fourth-order valence-corrected chi connectivity index (χ4v) is 3.97. The van der Waals surface area contributed by atoms with Crippen LogP contribution in [-0.2, 0) is 24.7 Å². The van der Waals surface area contributed by atoms with E-state index in [1.165, 1.54) is 18.3 Å². The van der Waals surface area contributed by atoms with E-state index in [1.807, 2.05) is 0 Å². The minimum absolute atomic E-state index is 0.0332. The molecular weight excluding hydrogens is 398 g/mol. The van der Waals surface area contributed by atoms with E-state index in [4.69, 9.17) is 15.1 Å². The molecule has 5 N–H and O–H groups in total. The minimum atomic E-state index is -4.66. The molecule has 2 amide bonds. The molecule has 1 aliphatic rings. The van der Waals surface area contributed by atoms with Crippen molar-refractivity contribution in [1.29, 1.82) is 0 Å². The fourth-order valence-electron chi connectivity index (χ4n) is 2.38. The predicted octanol–water partition coefficient (Wildman–Crippen LogP) is -1.46. The molecule has 0 aliphatic carbocycles. The second kappa shape index (κ2) is 9.23. The normalized spacial score (nSPS) is 20.3. The van der Waals surface area contributed by atoms with Crippen LogP contribution < -0.4 is 16.4 Å². The number of carbonyl (C=O) groups excluding carboxylic acids is 2. The van der Waals surface area contributed by atoms with Gasteiger partial charge in [-0.2, -0.15) is 8.42 Å². The van der Waals surface area contributed by atoms with Crippen LogP contribution in [0.3, 0.4) is 0 Å². The Morgan fingerprint density at radius 1 is 1.48 bits per heavy atom. The maximum Gasteiger partial charge on any atom is 0.362 e. The molecule has 1 fully saturated rings. The summed E-state index contributed by atoms with van der Waals surface area (Å²) >= 11 is 1.26. The van der Waals surface area contributed by atoms with Gasteiger partial charge in [0.25, 0.3) is 11.8 Å². The van der Waals surface area contributed by atoms with Crippen LogP contribution >= 0.6 is 11.3 Å². The summed E-state index contributed by atoms with van der Waals surface area (Å²) in [4.78, 5) is 30.1. The Labute approximate surface area is 160 Å². The van der Waals surface area contributed by atoms with E-state index in [-0.39, 0.29) is 12.3 Å². The zero-order chi connectivity index (χ0) is 20.0. The third kappa shape index (κ3) is 5.23. The first-order valence-corrected chi connectivity index (χ1v) is 10.3. The fraction of sp³-hybridized carbons (Fsp3) is 0.500. The quantitative estimate of drug-likeness (QED) is 0.117. The highest BCUT2D eigenvalue weighted by Crippen LogP contribution is 2.23. The topological polar surface area (TPSA) is 163 Å². The zero-order valence-corrected chi connectivity index (χ0v) is 16.1. The summed E-state index contributed by atoms with van der Waals surface area (Å²) in [5, 5.41) is 11.0. The van der Waals surface area contributed by atoms with E-state index >= 15 is 0 Å². The monoisotopic (exact) mass is 419 g/mol. The molecule has 0 saturated carbocycles. The third-order valence-electron chi connectivity index (χ3n) is 3.69. The van der Waals surface area contributed by atoms with Crippen molar-refractivity contribution in [2.75, 3.05) is 26.2 Å². The second-order valence-electron chi connectivity index (χ2n) is 5.59. The van der Waals surface area contributed by atoms with Gasteiger partial charge in [-0.25, -0.2) is 4.31 Å². The first-order valence-electron chi connectivity index (χ1n) is 8.03. The summed E-state index contributed by atoms with van der Waals surface area (Å²) in [5.74, 6) is -1.61. The number of carbonyl (C=O) groups is 2. The van der Waals surface area contributed by atoms with Crippen molar-refractivity contribution < 1.29 is 27.4 Å². The molecule has 1 aromatic heterocycles. The number of oxime groups is 1. The number of β-lactam (4-membered cyclic amide) rings is 1. The van der Waals surface area contributed by atoms with Crippen molar-refractivity contribution in [3.8, 4) is 0 Å². The first-order chi connectivity index (χ1) is 12.8. The van der Waals surface area contributed by atoms with Gasteiger partial charge >= 0.3 is 10.3 Å². The molecule has 27 heavy (non-hydrogen) atoms. The highest BCUT2D eigenvalue weighted by atomic mass is 32.2. The number of amides is 2. The maximum atomic E-state index is 12.5. The maximum absolute atomic E-state index is 12.5. The highest BCUT2D eigenvalue weighted by molar-refractivity contribution is 7.84. The van der Waals surface area contributed by atoms with Gasteiger partial charge in [0.2, 0.25) is 0 Å². The number of nitrogens with zero attached hydrogens (tertiary/aromatic N) is 2. The molecule has 150 valence electrons. The summed E-state index contributed by atoms with van der Waals surface area (Å²) in [6.45, 7) is 3.19. The van der Waals surface area contributed by atoms with Crippen molar-refractivity contribution in [1.82, 2.24) is 14.9 Å². The number of thiophene rings is 1. The molecular formula is C14H21N5O6S2. The third-order valence-corrected chi connectivity index (χ3v) is 5.57. The molecule has 1 aliphatic heterocycles. The van der Waals surface area contributed by atoms with Crippen LogP contribution in [0.4, 0.5) is 0 Å². The molecule has 1 saturated heterocycles. The Balaban J connectivity index is 2.02. The van der Waals surface area contributed by atoms with Gasteiger partial charge in [0.15, 0.2) is 5.71 Å². The second-order valence-corrected chi connectivity index (χ2v) is 7.83. The summed E-state index contributed by atoms with van der Waals surface area (Å²) in [5.41, 5.74) is 5.32. The van der Waals surface area contributed by atoms with E-state index in [9.17, 15) is 18.0 Å². The molecule has 2 atom stereocenters. The van der Waals surface area contributed by atoms with Crippen molar-refractivity contribution in [3.63, 3.8) is 0 Å². The Morgan fingerprint density at radius 2 is 2.22 bits per heavy atom. The van der Waals surface area contributed by atoms with E-state index in [2.05, 4.69) is 15.8 Å². The lowest BCUT2D eigenvalue weighted by Crippen LogP contribution is -2.71. The van der Waals surface area contributed by atoms with Crippen LogP contribution in [0.5, 0.6) is 0 Å². The van der Waals surface area contributed by atoms with Gasteiger partial charge < -0.3 is 21.2 Å². The first kappa shape index (κ1) is 21.2. The Kier molecular flexibility index (Phi) is 7.26. The molecule has 2 rings (SSSR count). The van der Waals surface area contributed by atoms with Crippen LogP contribution in [0.1, 0.15) is 11.8 Å². The molecule has 2 heterocycles. The van der Waals surface area contributed by atoms with Crippen LogP contribution in [0.25, 0.3) is 0 Å². The van der Waals surface area contributed by atoms with E-state index < -0.39 is 34.2 Å². The van der Waals surface area contributed by atoms with Gasteiger partial charge in [-0.15, -0.1) is 11.3 Å². The Morgan fingerprint density at radius 3 is 2.78 bits per heavy atom. The van der Waals surface area contributed by atoms with Gasteiger partial charge in [-0.3, -0.25) is 14.1 Å². The molecule has 1 aromatic rings. The van der Waals surface area contributed by atoms with Crippen molar-refractivity contribution in [2.45, 2.75) is 19.0 Å². The molecule has 1 unspecified atom stereocenters. The molecule has 11 nitrogen and oxygen atoms in total. The number of hydrogen-bond acceptors (Lipinski definition) is 9. The average molecular weight is 419 g/mol. The van der Waals surface area contributed by atoms with Gasteiger partial charge in [0.1, 0.15) is 12.6 Å². The highest BCUT2D eigenvalue weighted by Gasteiger charge is 2.51. The van der Waals surface area contributed by atoms with Crippen LogP contribution in [0, 0.1) is 0 Å². The minimum Gasteiger partial charge on any atom is -0.394 e. The largest absolute Gasteiger partial charge is 0.394 e. The van der Waals surface area contributed by atoms with Gasteiger partial charge in [-0.1, -0.05) is 11.2 Å². The van der Waals surface area contributed by atoms with Crippen LogP contribution in [-0.4, -0.2) is 73.1 Å². The van der Waals surface area contributed by atoms with E-state index in [1.54, 1.807) is 17.5 Å². The number of hydrogen-bond donors (Lipinski definition) is 4. The van der Waals surface area contributed by atoms with Gasteiger partial charge in [0.05, 0.1) is 10.9 Å². The lowest BCUT2D eigenvalue weighted by molar-refractivity contribution is -0.143. The molecule has 0 radical (unpaired) electrons. The summed E-state index contributed by atoms with van der Waals surface area (Å²) in [7, 11) is -4.66. The lowest BCUT2D eigenvalue weighted by Gasteiger charge is -2.42. The zero-order valence-electron chi connectivity index (χ0n) is 14.5. The Hall–Kier alpha value is -2.06. The molecule has 0 spiro atoms. The van der Waals surface area contributed by atoms with E-state index in [0.717, 1.165) is 0 Å². The van der Waals surface area contributed by atoms with E-state index in [0.29, 0.717) is 28.8 Å². The summed E-state index contributed by atoms with van der Waals surface area (Å²) < 4.78 is 31.6.